The van der Waals surface area contributed by atoms with Crippen LogP contribution in [0, 0.1) is 11.3 Å². The average Bonchev–Trinajstić information content (AvgIpc) is 2.25. The first-order chi connectivity index (χ1) is 8.02. The molecule has 0 spiro atoms. The highest BCUT2D eigenvalue weighted by Crippen LogP contribution is 2.18. The first kappa shape index (κ1) is 13.0. The van der Waals surface area contributed by atoms with Crippen molar-refractivity contribution in [3.8, 4) is 11.8 Å². The maximum atomic E-state index is 11.3. The fraction of sp³-hybridized carbons (Fsp3) is 0.385. The second-order valence-electron chi connectivity index (χ2n) is 4.00. The summed E-state index contributed by atoms with van der Waals surface area (Å²) in [5.41, 5.74) is 1.04. The van der Waals surface area contributed by atoms with E-state index in [1.165, 1.54) is 6.07 Å². The van der Waals surface area contributed by atoms with Gasteiger partial charge in [0.05, 0.1) is 11.7 Å². The fourth-order valence-electron chi connectivity index (χ4n) is 1.40. The lowest BCUT2D eigenvalue weighted by atomic mass is 10.1. The van der Waals surface area contributed by atoms with Gasteiger partial charge in [0.15, 0.2) is 0 Å². The molecule has 4 nitrogen and oxygen atoms in total. The molecule has 1 N–H and O–H groups in total. The van der Waals surface area contributed by atoms with Crippen LogP contribution in [0.1, 0.15) is 31.4 Å². The van der Waals surface area contributed by atoms with Crippen LogP contribution in [0.25, 0.3) is 0 Å². The molecule has 0 aliphatic carbocycles. The number of phenols is 1. The molecule has 90 valence electrons. The molecule has 0 radical (unpaired) electrons. The van der Waals surface area contributed by atoms with Gasteiger partial charge in [-0.3, -0.25) is 4.79 Å². The molecule has 0 atom stereocenters. The Hall–Kier alpha value is -2.02. The van der Waals surface area contributed by atoms with Gasteiger partial charge in [-0.25, -0.2) is 0 Å². The highest BCUT2D eigenvalue weighted by atomic mass is 16.5. The Balaban J connectivity index is 2.56. The minimum absolute atomic E-state index is 0.0535. The first-order valence-electron chi connectivity index (χ1n) is 5.44. The number of phenolic OH excluding ortho intramolecular Hbond substituents is 1. The van der Waals surface area contributed by atoms with E-state index in [2.05, 4.69) is 0 Å². The van der Waals surface area contributed by atoms with E-state index < -0.39 is 0 Å². The molecule has 1 aromatic rings. The lowest BCUT2D eigenvalue weighted by Gasteiger charge is -2.07. The number of rotatable bonds is 4. The number of aromatic hydroxyl groups is 1. The van der Waals surface area contributed by atoms with E-state index >= 15 is 0 Å². The maximum Gasteiger partial charge on any atom is 0.306 e. The quantitative estimate of drug-likeness (QED) is 0.809. The monoisotopic (exact) mass is 233 g/mol. The second kappa shape index (κ2) is 5.90. The number of hydrogen-bond donors (Lipinski definition) is 1. The van der Waals surface area contributed by atoms with E-state index in [9.17, 15) is 9.90 Å². The molecule has 0 aromatic heterocycles. The number of nitrogens with zero attached hydrogens (tertiary/aromatic N) is 1. The van der Waals surface area contributed by atoms with E-state index in [1.807, 2.05) is 6.07 Å². The third kappa shape index (κ3) is 4.15. The van der Waals surface area contributed by atoms with Gasteiger partial charge in [0.25, 0.3) is 0 Å². The zero-order valence-electron chi connectivity index (χ0n) is 9.93. The van der Waals surface area contributed by atoms with Crippen LogP contribution in [0.4, 0.5) is 0 Å². The number of hydrogen-bond acceptors (Lipinski definition) is 4. The van der Waals surface area contributed by atoms with Gasteiger partial charge in [-0.05, 0) is 38.0 Å². The normalized spacial score (nSPS) is 10.0. The number of benzene rings is 1. The summed E-state index contributed by atoms with van der Waals surface area (Å²) in [6.07, 6.45) is 0.644. The molecule has 0 aliphatic heterocycles. The van der Waals surface area contributed by atoms with E-state index in [0.717, 1.165) is 5.56 Å². The molecule has 0 heterocycles. The summed E-state index contributed by atoms with van der Waals surface area (Å²) in [5, 5.41) is 18.1. The van der Waals surface area contributed by atoms with Gasteiger partial charge in [-0.15, -0.1) is 0 Å². The van der Waals surface area contributed by atoms with Crippen molar-refractivity contribution in [2.75, 3.05) is 0 Å². The van der Waals surface area contributed by atoms with Crippen LogP contribution in [0.2, 0.25) is 0 Å². The zero-order valence-corrected chi connectivity index (χ0v) is 9.93. The molecule has 1 aromatic carbocycles. The molecule has 0 unspecified atom stereocenters. The standard InChI is InChI=1S/C13H15NO3/c1-9(2)17-13(16)6-4-10-3-5-11(8-14)12(15)7-10/h3,5,7,9,15H,4,6H2,1-2H3. The van der Waals surface area contributed by atoms with Gasteiger partial charge >= 0.3 is 5.97 Å². The van der Waals surface area contributed by atoms with Crippen molar-refractivity contribution in [2.24, 2.45) is 0 Å². The number of carbonyl (C=O) groups excluding carboxylic acids is 1. The van der Waals surface area contributed by atoms with Crippen LogP contribution in [-0.2, 0) is 16.0 Å². The number of carbonyl (C=O) groups is 1. The average molecular weight is 233 g/mol. The fourth-order valence-corrected chi connectivity index (χ4v) is 1.40. The van der Waals surface area contributed by atoms with Crippen LogP contribution in [-0.4, -0.2) is 17.2 Å². The van der Waals surface area contributed by atoms with Crippen LogP contribution in [0.5, 0.6) is 5.75 Å². The Kier molecular flexibility index (Phi) is 4.53. The molecule has 4 heteroatoms. The predicted molar refractivity (Wildman–Crippen MR) is 62.4 cm³/mol. The second-order valence-corrected chi connectivity index (χ2v) is 4.00. The van der Waals surface area contributed by atoms with E-state index in [4.69, 9.17) is 10.00 Å². The molecule has 0 amide bonds. The van der Waals surface area contributed by atoms with Gasteiger partial charge in [0.1, 0.15) is 11.8 Å². The Labute approximate surface area is 100 Å². The van der Waals surface area contributed by atoms with Crippen molar-refractivity contribution in [1.82, 2.24) is 0 Å². The van der Waals surface area contributed by atoms with Gasteiger partial charge < -0.3 is 9.84 Å². The van der Waals surface area contributed by atoms with E-state index in [1.54, 1.807) is 26.0 Å². The lowest BCUT2D eigenvalue weighted by molar-refractivity contribution is -0.147. The van der Waals surface area contributed by atoms with Gasteiger partial charge in [-0.2, -0.15) is 5.26 Å². The molecule has 17 heavy (non-hydrogen) atoms. The third-order valence-electron chi connectivity index (χ3n) is 2.17. The molecular weight excluding hydrogens is 218 g/mol. The topological polar surface area (TPSA) is 70.3 Å². The van der Waals surface area contributed by atoms with Gasteiger partial charge in [0.2, 0.25) is 0 Å². The summed E-state index contributed by atoms with van der Waals surface area (Å²) in [6.45, 7) is 3.59. The van der Waals surface area contributed by atoms with Crippen molar-refractivity contribution >= 4 is 5.97 Å². The predicted octanol–water partition coefficient (Wildman–Crippen LogP) is 2.15. The summed E-state index contributed by atoms with van der Waals surface area (Å²) in [4.78, 5) is 11.3. The Morgan fingerprint density at radius 1 is 1.53 bits per heavy atom. The largest absolute Gasteiger partial charge is 0.507 e. The number of ether oxygens (including phenoxy) is 1. The summed E-state index contributed by atoms with van der Waals surface area (Å²) in [5.74, 6) is -0.314. The molecule has 0 aliphatic rings. The van der Waals surface area contributed by atoms with Crippen molar-refractivity contribution in [2.45, 2.75) is 32.8 Å². The van der Waals surface area contributed by atoms with Crippen molar-refractivity contribution in [3.63, 3.8) is 0 Å². The summed E-state index contributed by atoms with van der Waals surface area (Å²) < 4.78 is 4.99. The SMILES string of the molecule is CC(C)OC(=O)CCc1ccc(C#N)c(O)c1. The summed E-state index contributed by atoms with van der Waals surface area (Å²) >= 11 is 0. The van der Waals surface area contributed by atoms with E-state index in [-0.39, 0.29) is 29.8 Å². The first-order valence-corrected chi connectivity index (χ1v) is 5.44. The third-order valence-corrected chi connectivity index (χ3v) is 2.17. The molecule has 0 saturated carbocycles. The van der Waals surface area contributed by atoms with Gasteiger partial charge in [0, 0.05) is 6.42 Å². The highest BCUT2D eigenvalue weighted by Gasteiger charge is 2.07. The molecular formula is C13H15NO3. The minimum atomic E-state index is -0.260. The van der Waals surface area contributed by atoms with Crippen LogP contribution < -0.4 is 0 Å². The Morgan fingerprint density at radius 3 is 2.76 bits per heavy atom. The molecule has 0 fully saturated rings. The molecule has 0 bridgehead atoms. The Bertz CT molecular complexity index is 446. The Morgan fingerprint density at radius 2 is 2.24 bits per heavy atom. The molecule has 0 saturated heterocycles. The van der Waals surface area contributed by atoms with E-state index in [0.29, 0.717) is 6.42 Å². The minimum Gasteiger partial charge on any atom is -0.507 e. The van der Waals surface area contributed by atoms with Gasteiger partial charge in [-0.1, -0.05) is 6.07 Å². The molecule has 1 rings (SSSR count). The van der Waals surface area contributed by atoms with Crippen LogP contribution >= 0.6 is 0 Å². The summed E-state index contributed by atoms with van der Waals surface area (Å²) in [6, 6.07) is 6.64. The van der Waals surface area contributed by atoms with Crippen molar-refractivity contribution < 1.29 is 14.6 Å². The highest BCUT2D eigenvalue weighted by molar-refractivity contribution is 5.69. The van der Waals surface area contributed by atoms with Crippen LogP contribution in [0.3, 0.4) is 0 Å². The lowest BCUT2D eigenvalue weighted by Crippen LogP contribution is -2.11. The zero-order chi connectivity index (χ0) is 12.8. The number of nitriles is 1. The summed E-state index contributed by atoms with van der Waals surface area (Å²) in [7, 11) is 0. The van der Waals surface area contributed by atoms with Crippen LogP contribution in [0.15, 0.2) is 18.2 Å². The number of aryl methyl sites for hydroxylation is 1. The number of esters is 1. The van der Waals surface area contributed by atoms with Crippen molar-refractivity contribution in [3.05, 3.63) is 29.3 Å². The smallest absolute Gasteiger partial charge is 0.306 e. The maximum absolute atomic E-state index is 11.3. The van der Waals surface area contributed by atoms with Crippen molar-refractivity contribution in [1.29, 1.82) is 5.26 Å².